The van der Waals surface area contributed by atoms with Crippen molar-refractivity contribution in [3.05, 3.63) is 35.4 Å². The van der Waals surface area contributed by atoms with Gasteiger partial charge in [0.05, 0.1) is 17.5 Å². The fourth-order valence-corrected chi connectivity index (χ4v) is 3.52. The maximum absolute atomic E-state index is 12.3. The predicted octanol–water partition coefficient (Wildman–Crippen LogP) is 2.05. The van der Waals surface area contributed by atoms with Gasteiger partial charge in [0.25, 0.3) is 17.7 Å². The van der Waals surface area contributed by atoms with Gasteiger partial charge in [0, 0.05) is 12.6 Å². The van der Waals surface area contributed by atoms with Gasteiger partial charge >= 0.3 is 5.97 Å². The number of rotatable bonds is 6. The summed E-state index contributed by atoms with van der Waals surface area (Å²) in [5.74, 6) is -1.74. The number of ether oxygens (including phenoxy) is 1. The molecule has 0 bridgehead atoms. The summed E-state index contributed by atoms with van der Waals surface area (Å²) in [4.78, 5) is 49.8. The number of carbonyl (C=O) groups is 4. The van der Waals surface area contributed by atoms with Crippen molar-refractivity contribution in [1.82, 2.24) is 10.2 Å². The summed E-state index contributed by atoms with van der Waals surface area (Å²) in [5, 5.41) is 2.91. The molecule has 0 radical (unpaired) electrons. The minimum Gasteiger partial charge on any atom is -0.452 e. The van der Waals surface area contributed by atoms with Crippen LogP contribution in [0.3, 0.4) is 0 Å². The first-order valence-electron chi connectivity index (χ1n) is 9.42. The van der Waals surface area contributed by atoms with Gasteiger partial charge < -0.3 is 10.1 Å². The summed E-state index contributed by atoms with van der Waals surface area (Å²) in [6, 6.07) is 6.70. The molecule has 144 valence electrons. The topological polar surface area (TPSA) is 92.8 Å². The van der Waals surface area contributed by atoms with E-state index in [1.165, 1.54) is 13.3 Å². The van der Waals surface area contributed by atoms with Crippen molar-refractivity contribution >= 4 is 23.7 Å². The molecule has 1 heterocycles. The Morgan fingerprint density at radius 3 is 2.30 bits per heavy atom. The number of imide groups is 1. The van der Waals surface area contributed by atoms with Gasteiger partial charge in [0.2, 0.25) is 0 Å². The van der Waals surface area contributed by atoms with Crippen LogP contribution in [0.1, 0.15) is 66.2 Å². The third-order valence-corrected chi connectivity index (χ3v) is 5.05. The summed E-state index contributed by atoms with van der Waals surface area (Å²) in [6.45, 7) is 1.46. The Morgan fingerprint density at radius 1 is 1.11 bits per heavy atom. The van der Waals surface area contributed by atoms with Gasteiger partial charge in [-0.15, -0.1) is 0 Å². The van der Waals surface area contributed by atoms with Crippen molar-refractivity contribution < 1.29 is 23.9 Å². The van der Waals surface area contributed by atoms with Crippen LogP contribution in [0.2, 0.25) is 0 Å². The smallest absolute Gasteiger partial charge is 0.308 e. The molecular weight excluding hydrogens is 348 g/mol. The number of hydrogen-bond donors (Lipinski definition) is 1. The summed E-state index contributed by atoms with van der Waals surface area (Å²) in [6.07, 6.45) is 4.24. The Hall–Kier alpha value is -2.70. The molecule has 1 atom stereocenters. The van der Waals surface area contributed by atoms with Crippen molar-refractivity contribution in [2.24, 2.45) is 0 Å². The molecule has 3 amide bonds. The van der Waals surface area contributed by atoms with E-state index in [9.17, 15) is 19.2 Å². The van der Waals surface area contributed by atoms with Gasteiger partial charge in [-0.1, -0.05) is 31.4 Å². The third kappa shape index (κ3) is 4.35. The SMILES string of the molecule is C[C@H](OC(=O)CCN1C(=O)c2ccccc2C1=O)C(=O)NC1CCCCC1. The van der Waals surface area contributed by atoms with E-state index in [1.807, 2.05) is 0 Å². The van der Waals surface area contributed by atoms with E-state index in [2.05, 4.69) is 5.32 Å². The minimum absolute atomic E-state index is 0.0673. The first-order chi connectivity index (χ1) is 13.0. The zero-order valence-electron chi connectivity index (χ0n) is 15.4. The molecule has 1 aliphatic heterocycles. The highest BCUT2D eigenvalue weighted by molar-refractivity contribution is 6.21. The molecule has 7 heteroatoms. The molecule has 1 aromatic carbocycles. The van der Waals surface area contributed by atoms with Crippen LogP contribution >= 0.6 is 0 Å². The molecule has 0 unspecified atom stereocenters. The summed E-state index contributed by atoms with van der Waals surface area (Å²) >= 11 is 0. The zero-order chi connectivity index (χ0) is 19.4. The first-order valence-corrected chi connectivity index (χ1v) is 9.42. The summed E-state index contributed by atoms with van der Waals surface area (Å²) in [7, 11) is 0. The van der Waals surface area contributed by atoms with Crippen LogP contribution in [0.4, 0.5) is 0 Å². The molecule has 1 fully saturated rings. The van der Waals surface area contributed by atoms with Crippen molar-refractivity contribution in [2.75, 3.05) is 6.54 Å². The van der Waals surface area contributed by atoms with E-state index in [4.69, 9.17) is 4.74 Å². The molecule has 2 aliphatic rings. The molecule has 1 aromatic rings. The van der Waals surface area contributed by atoms with Crippen LogP contribution in [0.25, 0.3) is 0 Å². The van der Waals surface area contributed by atoms with Crippen molar-refractivity contribution in [3.63, 3.8) is 0 Å². The van der Waals surface area contributed by atoms with Crippen LogP contribution in [0, 0.1) is 0 Å². The van der Waals surface area contributed by atoms with Gasteiger partial charge in [-0.3, -0.25) is 24.1 Å². The average molecular weight is 372 g/mol. The number of amides is 3. The lowest BCUT2D eigenvalue weighted by Crippen LogP contribution is -2.43. The van der Waals surface area contributed by atoms with E-state index in [1.54, 1.807) is 24.3 Å². The second-order valence-electron chi connectivity index (χ2n) is 7.03. The van der Waals surface area contributed by atoms with Gasteiger partial charge in [-0.2, -0.15) is 0 Å². The maximum Gasteiger partial charge on any atom is 0.308 e. The molecular formula is C20H24N2O5. The van der Waals surface area contributed by atoms with E-state index < -0.39 is 23.9 Å². The van der Waals surface area contributed by atoms with Crippen LogP contribution in [-0.4, -0.2) is 47.3 Å². The van der Waals surface area contributed by atoms with Crippen LogP contribution in [-0.2, 0) is 14.3 Å². The van der Waals surface area contributed by atoms with Crippen molar-refractivity contribution in [3.8, 4) is 0 Å². The fraction of sp³-hybridized carbons (Fsp3) is 0.500. The number of carbonyl (C=O) groups excluding carboxylic acids is 4. The van der Waals surface area contributed by atoms with Gasteiger partial charge in [-0.25, -0.2) is 0 Å². The number of nitrogens with one attached hydrogen (secondary N) is 1. The lowest BCUT2D eigenvalue weighted by Gasteiger charge is -2.24. The fourth-order valence-electron chi connectivity index (χ4n) is 3.52. The number of benzene rings is 1. The largest absolute Gasteiger partial charge is 0.452 e. The average Bonchev–Trinajstić information content (AvgIpc) is 2.91. The normalized spacial score (nSPS) is 18.2. The second kappa shape index (κ2) is 8.33. The van der Waals surface area contributed by atoms with Crippen molar-refractivity contribution in [2.45, 2.75) is 57.6 Å². The highest BCUT2D eigenvalue weighted by Crippen LogP contribution is 2.22. The van der Waals surface area contributed by atoms with Crippen LogP contribution < -0.4 is 5.32 Å². The highest BCUT2D eigenvalue weighted by atomic mass is 16.5. The van der Waals surface area contributed by atoms with Gasteiger partial charge in [0.15, 0.2) is 6.10 Å². The monoisotopic (exact) mass is 372 g/mol. The third-order valence-electron chi connectivity index (χ3n) is 5.05. The Kier molecular flexibility index (Phi) is 5.88. The molecule has 0 saturated heterocycles. The lowest BCUT2D eigenvalue weighted by atomic mass is 9.95. The Balaban J connectivity index is 1.46. The highest BCUT2D eigenvalue weighted by Gasteiger charge is 2.35. The Bertz CT molecular complexity index is 719. The standard InChI is InChI=1S/C20H24N2O5/c1-13(18(24)21-14-7-3-2-4-8-14)27-17(23)11-12-22-19(25)15-9-5-6-10-16(15)20(22)26/h5-6,9-10,13-14H,2-4,7-8,11-12H2,1H3,(H,21,24)/t13-/m0/s1. The quantitative estimate of drug-likeness (QED) is 0.609. The van der Waals surface area contributed by atoms with Gasteiger partial charge in [0.1, 0.15) is 0 Å². The number of esters is 1. The Labute approximate surface area is 158 Å². The zero-order valence-corrected chi connectivity index (χ0v) is 15.4. The van der Waals surface area contributed by atoms with Crippen LogP contribution in [0.5, 0.6) is 0 Å². The molecule has 1 saturated carbocycles. The second-order valence-corrected chi connectivity index (χ2v) is 7.03. The number of nitrogens with zero attached hydrogens (tertiary/aromatic N) is 1. The van der Waals surface area contributed by atoms with E-state index >= 15 is 0 Å². The lowest BCUT2D eigenvalue weighted by molar-refractivity contribution is -0.155. The Morgan fingerprint density at radius 2 is 1.70 bits per heavy atom. The van der Waals surface area contributed by atoms with Crippen LogP contribution in [0.15, 0.2) is 24.3 Å². The molecule has 7 nitrogen and oxygen atoms in total. The molecule has 1 aliphatic carbocycles. The molecule has 27 heavy (non-hydrogen) atoms. The summed E-state index contributed by atoms with van der Waals surface area (Å²) < 4.78 is 5.16. The van der Waals surface area contributed by atoms with E-state index in [-0.39, 0.29) is 24.9 Å². The molecule has 0 spiro atoms. The number of hydrogen-bond acceptors (Lipinski definition) is 5. The predicted molar refractivity (Wildman–Crippen MR) is 97.0 cm³/mol. The molecule has 3 rings (SSSR count). The number of fused-ring (bicyclic) bond motifs is 1. The molecule has 1 N–H and O–H groups in total. The van der Waals surface area contributed by atoms with E-state index in [0.29, 0.717) is 11.1 Å². The molecule has 0 aromatic heterocycles. The minimum atomic E-state index is -0.901. The van der Waals surface area contributed by atoms with E-state index in [0.717, 1.165) is 30.6 Å². The van der Waals surface area contributed by atoms with Crippen molar-refractivity contribution in [1.29, 1.82) is 0 Å². The summed E-state index contributed by atoms with van der Waals surface area (Å²) in [5.41, 5.74) is 0.687. The maximum atomic E-state index is 12.3. The first kappa shape index (κ1) is 19.1. The van der Waals surface area contributed by atoms with Gasteiger partial charge in [-0.05, 0) is 31.9 Å².